The zero-order valence-electron chi connectivity index (χ0n) is 17.7. The number of rotatable bonds is 12. The number of carbonyl (C=O) groups excluding carboxylic acids is 3. The highest BCUT2D eigenvalue weighted by Crippen LogP contribution is 2.22. The first-order valence-corrected chi connectivity index (χ1v) is 11.7. The van der Waals surface area contributed by atoms with Gasteiger partial charge in [-0.15, -0.1) is 0 Å². The van der Waals surface area contributed by atoms with Crippen molar-refractivity contribution in [3.8, 4) is 5.75 Å². The number of pyridine rings is 1. The lowest BCUT2D eigenvalue weighted by Gasteiger charge is -2.16. The minimum absolute atomic E-state index is 0.0342. The van der Waals surface area contributed by atoms with Gasteiger partial charge in [0.15, 0.2) is 9.84 Å². The van der Waals surface area contributed by atoms with Crippen molar-refractivity contribution in [3.05, 3.63) is 54.4 Å². The van der Waals surface area contributed by atoms with Gasteiger partial charge in [0, 0.05) is 18.2 Å². The third-order valence-electron chi connectivity index (χ3n) is 4.41. The van der Waals surface area contributed by atoms with E-state index in [1.54, 1.807) is 13.0 Å². The molecule has 178 valence electrons. The maximum absolute atomic E-state index is 12.5. The van der Waals surface area contributed by atoms with Crippen LogP contribution < -0.4 is 15.4 Å². The molecule has 0 aliphatic rings. The van der Waals surface area contributed by atoms with Gasteiger partial charge < -0.3 is 15.4 Å². The fourth-order valence-corrected chi connectivity index (χ4v) is 4.15. The monoisotopic (exact) mass is 483 g/mol. The topological polar surface area (TPSA) is 132 Å². The van der Waals surface area contributed by atoms with Crippen molar-refractivity contribution < 1.29 is 36.3 Å². The van der Waals surface area contributed by atoms with Crippen LogP contribution in [-0.2, 0) is 30.0 Å². The molecule has 0 fully saturated rings. The Morgan fingerprint density at radius 3 is 2.48 bits per heavy atom. The largest absolute Gasteiger partial charge is 0.435 e. The number of halogens is 2. The number of ether oxygens (including phenoxy) is 1. The molecule has 0 radical (unpaired) electrons. The Kier molecular flexibility index (Phi) is 9.40. The molecule has 1 aromatic carbocycles. The number of anilines is 1. The quantitative estimate of drug-likeness (QED) is 0.442. The van der Waals surface area contributed by atoms with Gasteiger partial charge in [-0.25, -0.2) is 8.42 Å². The number of carbonyl (C=O) groups is 3. The Morgan fingerprint density at radius 1 is 1.12 bits per heavy atom. The molecule has 2 rings (SSSR count). The normalized spacial score (nSPS) is 12.1. The number of hydrogen-bond donors (Lipinski definition) is 2. The van der Waals surface area contributed by atoms with Gasteiger partial charge in [0.05, 0.1) is 29.4 Å². The molecule has 2 amide bonds. The molecule has 33 heavy (non-hydrogen) atoms. The highest BCUT2D eigenvalue weighted by molar-refractivity contribution is 7.90. The van der Waals surface area contributed by atoms with Crippen LogP contribution in [0.1, 0.15) is 25.3 Å². The molecule has 0 saturated heterocycles. The number of nitrogens with zero attached hydrogens (tertiary/aromatic N) is 1. The minimum Gasteiger partial charge on any atom is -0.435 e. The Balaban J connectivity index is 1.92. The van der Waals surface area contributed by atoms with Crippen LogP contribution in [0.15, 0.2) is 48.8 Å². The number of aromatic nitrogens is 1. The van der Waals surface area contributed by atoms with Crippen LogP contribution >= 0.6 is 0 Å². The third kappa shape index (κ3) is 8.56. The van der Waals surface area contributed by atoms with Crippen molar-refractivity contribution in [1.29, 1.82) is 0 Å². The van der Waals surface area contributed by atoms with E-state index in [0.717, 1.165) is 0 Å². The molecule has 2 N–H and O–H groups in total. The summed E-state index contributed by atoms with van der Waals surface area (Å²) in [4.78, 5) is 40.5. The number of alkyl halides is 2. The average Bonchev–Trinajstić information content (AvgIpc) is 2.77. The number of benzene rings is 1. The summed E-state index contributed by atoms with van der Waals surface area (Å²) in [7, 11) is -3.86. The van der Waals surface area contributed by atoms with Crippen molar-refractivity contribution in [2.24, 2.45) is 0 Å². The number of amides is 2. The molecule has 1 atom stereocenters. The first-order chi connectivity index (χ1) is 15.6. The fourth-order valence-electron chi connectivity index (χ4n) is 2.80. The van der Waals surface area contributed by atoms with E-state index in [4.69, 9.17) is 0 Å². The summed E-state index contributed by atoms with van der Waals surface area (Å²) in [5.74, 6) is -4.04. The lowest BCUT2D eigenvalue weighted by atomic mass is 10.1. The molecule has 0 bridgehead atoms. The van der Waals surface area contributed by atoms with Gasteiger partial charge in [0.2, 0.25) is 11.7 Å². The number of sulfone groups is 1. The summed E-state index contributed by atoms with van der Waals surface area (Å²) in [6, 6.07) is 7.42. The second-order valence-electron chi connectivity index (χ2n) is 6.92. The van der Waals surface area contributed by atoms with E-state index in [0.29, 0.717) is 5.69 Å². The van der Waals surface area contributed by atoms with E-state index in [-0.39, 0.29) is 17.7 Å². The smallest absolute Gasteiger partial charge is 0.387 e. The first kappa shape index (κ1) is 25.8. The van der Waals surface area contributed by atoms with E-state index in [1.807, 2.05) is 0 Å². The highest BCUT2D eigenvalue weighted by atomic mass is 32.2. The maximum Gasteiger partial charge on any atom is 0.387 e. The van der Waals surface area contributed by atoms with E-state index < -0.39 is 58.0 Å². The molecule has 0 aliphatic heterocycles. The van der Waals surface area contributed by atoms with E-state index in [2.05, 4.69) is 20.4 Å². The summed E-state index contributed by atoms with van der Waals surface area (Å²) in [5.41, 5.74) is 0.339. The van der Waals surface area contributed by atoms with Gasteiger partial charge in [-0.1, -0.05) is 25.1 Å². The van der Waals surface area contributed by atoms with Gasteiger partial charge in [0.1, 0.15) is 5.75 Å². The van der Waals surface area contributed by atoms with Gasteiger partial charge in [-0.3, -0.25) is 19.4 Å². The lowest BCUT2D eigenvalue weighted by Crippen LogP contribution is -2.45. The molecule has 9 nitrogen and oxygen atoms in total. The SMILES string of the molecule is CCC(NC(=O)CCS(=O)(=O)Cc1ccccc1OC(F)F)C(=O)C(=O)Nc1cccnc1. The lowest BCUT2D eigenvalue weighted by molar-refractivity contribution is -0.137. The van der Waals surface area contributed by atoms with E-state index in [1.165, 1.54) is 42.7 Å². The molecule has 0 aliphatic carbocycles. The van der Waals surface area contributed by atoms with Crippen LogP contribution in [0.4, 0.5) is 14.5 Å². The number of para-hydroxylation sites is 1. The van der Waals surface area contributed by atoms with Crippen molar-refractivity contribution in [1.82, 2.24) is 10.3 Å². The minimum atomic E-state index is -3.86. The zero-order valence-corrected chi connectivity index (χ0v) is 18.5. The van der Waals surface area contributed by atoms with Crippen LogP contribution in [0.3, 0.4) is 0 Å². The van der Waals surface area contributed by atoms with E-state index in [9.17, 15) is 31.6 Å². The summed E-state index contributed by atoms with van der Waals surface area (Å²) in [5, 5.41) is 4.72. The molecule has 1 unspecified atom stereocenters. The second-order valence-corrected chi connectivity index (χ2v) is 9.10. The number of Topliss-reactive ketones (excluding diaryl/α,β-unsaturated/α-hetero) is 1. The Bertz CT molecular complexity index is 1080. The average molecular weight is 483 g/mol. The number of hydrogen-bond acceptors (Lipinski definition) is 7. The fraction of sp³-hybridized carbons (Fsp3) is 0.333. The zero-order chi connectivity index (χ0) is 24.4. The predicted octanol–water partition coefficient (Wildman–Crippen LogP) is 2.09. The summed E-state index contributed by atoms with van der Waals surface area (Å²) in [6.07, 6.45) is 2.47. The highest BCUT2D eigenvalue weighted by Gasteiger charge is 2.26. The van der Waals surface area contributed by atoms with Gasteiger partial charge >= 0.3 is 6.61 Å². The van der Waals surface area contributed by atoms with E-state index >= 15 is 0 Å². The summed E-state index contributed by atoms with van der Waals surface area (Å²) >= 11 is 0. The Hall–Kier alpha value is -3.41. The van der Waals surface area contributed by atoms with Crippen molar-refractivity contribution in [3.63, 3.8) is 0 Å². The standard InChI is InChI=1S/C21H23F2N3O6S/c1-2-16(19(28)20(29)25-15-7-5-10-24-12-15)26-18(27)9-11-33(30,31)13-14-6-3-4-8-17(14)32-21(22)23/h3-8,10,12,16,21H,2,9,11,13H2,1H3,(H,25,29)(H,26,27). The number of ketones is 1. The molecule has 0 spiro atoms. The number of nitrogens with one attached hydrogen (secondary N) is 2. The third-order valence-corrected chi connectivity index (χ3v) is 5.98. The maximum atomic E-state index is 12.5. The first-order valence-electron chi connectivity index (χ1n) is 9.89. The van der Waals surface area contributed by atoms with Crippen LogP contribution in [0.2, 0.25) is 0 Å². The second kappa shape index (κ2) is 12.0. The molecule has 2 aromatic rings. The Labute approximate surface area is 189 Å². The van der Waals surface area contributed by atoms with Gasteiger partial charge in [-0.2, -0.15) is 8.78 Å². The van der Waals surface area contributed by atoms with Crippen molar-refractivity contribution in [2.45, 2.75) is 38.2 Å². The molecule has 1 heterocycles. The summed E-state index contributed by atoms with van der Waals surface area (Å²) < 4.78 is 54.1. The van der Waals surface area contributed by atoms with Gasteiger partial charge in [0.25, 0.3) is 5.91 Å². The molecule has 0 saturated carbocycles. The Morgan fingerprint density at radius 2 is 1.85 bits per heavy atom. The molecule has 12 heteroatoms. The molecule has 1 aromatic heterocycles. The predicted molar refractivity (Wildman–Crippen MR) is 115 cm³/mol. The van der Waals surface area contributed by atoms with Crippen molar-refractivity contribution in [2.75, 3.05) is 11.1 Å². The van der Waals surface area contributed by atoms with Gasteiger partial charge in [-0.05, 0) is 24.6 Å². The van der Waals surface area contributed by atoms with Crippen molar-refractivity contribution >= 4 is 33.1 Å². The van der Waals surface area contributed by atoms with Crippen LogP contribution in [-0.4, -0.2) is 49.4 Å². The summed E-state index contributed by atoms with van der Waals surface area (Å²) in [6.45, 7) is -1.53. The molecular formula is C21H23F2N3O6S. The van der Waals surface area contributed by atoms with Crippen LogP contribution in [0.25, 0.3) is 0 Å². The van der Waals surface area contributed by atoms with Crippen LogP contribution in [0.5, 0.6) is 5.75 Å². The van der Waals surface area contributed by atoms with Crippen LogP contribution in [0, 0.1) is 0 Å². The molecular weight excluding hydrogens is 460 g/mol.